The van der Waals surface area contributed by atoms with Crippen LogP contribution in [0.25, 0.3) is 0 Å². The van der Waals surface area contributed by atoms with Crippen molar-refractivity contribution >= 4 is 34.5 Å². The SMILES string of the molecule is O=C(CCCCCCNC(=O)c1ccc(N(c2ccccc2)S(=O)O)cc1)NO. The number of para-hydroxylation sites is 1. The first-order valence-corrected chi connectivity index (χ1v) is 10.4. The summed E-state index contributed by atoms with van der Waals surface area (Å²) in [5.41, 5.74) is 3.13. The Bertz CT molecular complexity index is 815. The van der Waals surface area contributed by atoms with Crippen LogP contribution in [-0.4, -0.2) is 32.3 Å². The van der Waals surface area contributed by atoms with Crippen molar-refractivity contribution in [3.05, 3.63) is 60.2 Å². The monoisotopic (exact) mass is 419 g/mol. The van der Waals surface area contributed by atoms with Gasteiger partial charge in [-0.25, -0.2) is 14.0 Å². The lowest BCUT2D eigenvalue weighted by atomic mass is 10.1. The standard InChI is InChI=1S/C20H25N3O5S/c24-19(22-26)10-6-1-2-7-15-21-20(25)16-11-13-18(14-12-16)23(29(27)28)17-8-4-3-5-9-17/h3-5,8-9,11-14,26H,1-2,6-7,10,15H2,(H,21,25)(H,22,24)(H,27,28). The van der Waals surface area contributed by atoms with Gasteiger partial charge >= 0.3 is 0 Å². The van der Waals surface area contributed by atoms with Crippen molar-refractivity contribution in [2.45, 2.75) is 32.1 Å². The van der Waals surface area contributed by atoms with E-state index in [2.05, 4.69) is 5.32 Å². The number of benzene rings is 2. The van der Waals surface area contributed by atoms with E-state index in [-0.39, 0.29) is 12.3 Å². The van der Waals surface area contributed by atoms with Crippen LogP contribution in [0.4, 0.5) is 11.4 Å². The second kappa shape index (κ2) is 11.9. The van der Waals surface area contributed by atoms with Gasteiger partial charge in [-0.15, -0.1) is 0 Å². The fourth-order valence-electron chi connectivity index (χ4n) is 2.76. The molecule has 2 amide bonds. The fraction of sp³-hybridized carbons (Fsp3) is 0.300. The van der Waals surface area contributed by atoms with E-state index in [9.17, 15) is 18.4 Å². The third kappa shape index (κ3) is 7.30. The first-order chi connectivity index (χ1) is 14.0. The first kappa shape index (κ1) is 22.5. The summed E-state index contributed by atoms with van der Waals surface area (Å²) in [4.78, 5) is 23.1. The number of unbranched alkanes of at least 4 members (excludes halogenated alkanes) is 3. The molecule has 2 rings (SSSR count). The summed E-state index contributed by atoms with van der Waals surface area (Å²) < 4.78 is 22.6. The lowest BCUT2D eigenvalue weighted by Gasteiger charge is -2.20. The van der Waals surface area contributed by atoms with Crippen LogP contribution in [0.5, 0.6) is 0 Å². The Hall–Kier alpha value is -2.75. The molecule has 0 bridgehead atoms. The predicted molar refractivity (Wildman–Crippen MR) is 111 cm³/mol. The van der Waals surface area contributed by atoms with E-state index in [0.717, 1.165) is 19.3 Å². The molecule has 0 saturated carbocycles. The van der Waals surface area contributed by atoms with Gasteiger partial charge in [-0.05, 0) is 49.2 Å². The van der Waals surface area contributed by atoms with E-state index in [0.29, 0.717) is 29.9 Å². The van der Waals surface area contributed by atoms with Crippen LogP contribution in [-0.2, 0) is 16.1 Å². The molecule has 0 saturated heterocycles. The van der Waals surface area contributed by atoms with Crippen LogP contribution in [0.2, 0.25) is 0 Å². The highest BCUT2D eigenvalue weighted by atomic mass is 32.2. The van der Waals surface area contributed by atoms with Crippen molar-refractivity contribution in [3.8, 4) is 0 Å². The summed E-state index contributed by atoms with van der Waals surface area (Å²) >= 11 is -2.24. The number of hydrogen-bond donors (Lipinski definition) is 4. The van der Waals surface area contributed by atoms with Gasteiger partial charge in [0.05, 0.1) is 11.4 Å². The molecule has 29 heavy (non-hydrogen) atoms. The molecule has 2 aromatic rings. The van der Waals surface area contributed by atoms with Gasteiger partial charge in [0, 0.05) is 18.5 Å². The van der Waals surface area contributed by atoms with E-state index < -0.39 is 17.2 Å². The number of carbonyl (C=O) groups excluding carboxylic acids is 2. The minimum absolute atomic E-state index is 0.215. The maximum Gasteiger partial charge on any atom is 0.266 e. The number of hydrogen-bond acceptors (Lipinski definition) is 4. The quantitative estimate of drug-likeness (QED) is 0.193. The highest BCUT2D eigenvalue weighted by Gasteiger charge is 2.15. The largest absolute Gasteiger partial charge is 0.352 e. The summed E-state index contributed by atoms with van der Waals surface area (Å²) in [5, 5.41) is 11.2. The molecular formula is C20H25N3O5S. The molecule has 0 spiro atoms. The van der Waals surface area contributed by atoms with Gasteiger partial charge in [-0.1, -0.05) is 31.0 Å². The summed E-state index contributed by atoms with van der Waals surface area (Å²) in [5.74, 6) is -0.606. The minimum atomic E-state index is -2.24. The van der Waals surface area contributed by atoms with Crippen LogP contribution in [0.3, 0.4) is 0 Å². The zero-order valence-electron chi connectivity index (χ0n) is 15.9. The first-order valence-electron chi connectivity index (χ1n) is 9.30. The molecular weight excluding hydrogens is 394 g/mol. The van der Waals surface area contributed by atoms with Gasteiger partial charge in [-0.2, -0.15) is 0 Å². The summed E-state index contributed by atoms with van der Waals surface area (Å²) in [7, 11) is 0. The molecule has 0 radical (unpaired) electrons. The summed E-state index contributed by atoms with van der Waals surface area (Å²) in [6.45, 7) is 0.517. The molecule has 0 fully saturated rings. The molecule has 9 heteroatoms. The number of nitrogens with zero attached hydrogens (tertiary/aromatic N) is 1. The van der Waals surface area contributed by atoms with Gasteiger partial charge in [0.1, 0.15) is 0 Å². The van der Waals surface area contributed by atoms with Gasteiger partial charge in [0.15, 0.2) is 0 Å². The van der Waals surface area contributed by atoms with Gasteiger partial charge in [0.2, 0.25) is 5.91 Å². The Kier molecular flexibility index (Phi) is 9.29. The van der Waals surface area contributed by atoms with E-state index in [1.54, 1.807) is 54.0 Å². The average molecular weight is 420 g/mol. The third-order valence-corrected chi connectivity index (χ3v) is 4.99. The number of hydroxylamine groups is 1. The van der Waals surface area contributed by atoms with Gasteiger partial charge < -0.3 is 5.32 Å². The molecule has 8 nitrogen and oxygen atoms in total. The average Bonchev–Trinajstić information content (AvgIpc) is 2.73. The number of rotatable bonds is 11. The molecule has 0 aromatic heterocycles. The summed E-state index contributed by atoms with van der Waals surface area (Å²) in [6.07, 6.45) is 3.47. The predicted octanol–water partition coefficient (Wildman–Crippen LogP) is 3.15. The maximum atomic E-state index is 12.2. The van der Waals surface area contributed by atoms with E-state index in [4.69, 9.17) is 5.21 Å². The van der Waals surface area contributed by atoms with Crippen LogP contribution >= 0.6 is 0 Å². The zero-order chi connectivity index (χ0) is 21.1. The normalized spacial score (nSPS) is 11.5. The van der Waals surface area contributed by atoms with Crippen molar-refractivity contribution in [2.75, 3.05) is 10.8 Å². The van der Waals surface area contributed by atoms with Crippen LogP contribution < -0.4 is 15.1 Å². The Balaban J connectivity index is 1.82. The zero-order valence-corrected chi connectivity index (χ0v) is 16.7. The molecule has 0 aliphatic rings. The molecule has 0 aliphatic carbocycles. The lowest BCUT2D eigenvalue weighted by Crippen LogP contribution is -2.24. The maximum absolute atomic E-state index is 12.2. The molecule has 4 N–H and O–H groups in total. The van der Waals surface area contributed by atoms with Gasteiger partial charge in [0.25, 0.3) is 17.2 Å². The van der Waals surface area contributed by atoms with Crippen LogP contribution in [0, 0.1) is 0 Å². The number of nitrogens with one attached hydrogen (secondary N) is 2. The van der Waals surface area contributed by atoms with E-state index in [1.807, 2.05) is 6.07 Å². The van der Waals surface area contributed by atoms with Crippen molar-refractivity contribution in [1.82, 2.24) is 10.8 Å². The molecule has 2 aromatic carbocycles. The molecule has 0 aliphatic heterocycles. The Morgan fingerprint density at radius 3 is 2.14 bits per heavy atom. The fourth-order valence-corrected chi connectivity index (χ4v) is 3.37. The summed E-state index contributed by atoms with van der Waals surface area (Å²) in [6, 6.07) is 15.3. The van der Waals surface area contributed by atoms with Crippen molar-refractivity contribution in [3.63, 3.8) is 0 Å². The second-order valence-electron chi connectivity index (χ2n) is 6.36. The number of carbonyl (C=O) groups is 2. The van der Waals surface area contributed by atoms with Crippen molar-refractivity contribution in [1.29, 1.82) is 0 Å². The highest BCUT2D eigenvalue weighted by molar-refractivity contribution is 7.81. The molecule has 1 unspecified atom stereocenters. The molecule has 0 heterocycles. The molecule has 156 valence electrons. The lowest BCUT2D eigenvalue weighted by molar-refractivity contribution is -0.129. The second-order valence-corrected chi connectivity index (χ2v) is 7.19. The third-order valence-electron chi connectivity index (χ3n) is 4.25. The van der Waals surface area contributed by atoms with Crippen LogP contribution in [0.15, 0.2) is 54.6 Å². The smallest absolute Gasteiger partial charge is 0.266 e. The number of amides is 2. The molecule has 1 atom stereocenters. The Labute approximate surface area is 172 Å². The van der Waals surface area contributed by atoms with E-state index >= 15 is 0 Å². The Morgan fingerprint density at radius 2 is 1.52 bits per heavy atom. The van der Waals surface area contributed by atoms with Gasteiger partial charge in [-0.3, -0.25) is 19.3 Å². The number of anilines is 2. The topological polar surface area (TPSA) is 119 Å². The van der Waals surface area contributed by atoms with Crippen molar-refractivity contribution < 1.29 is 23.6 Å². The van der Waals surface area contributed by atoms with E-state index in [1.165, 1.54) is 4.31 Å². The minimum Gasteiger partial charge on any atom is -0.352 e. The highest BCUT2D eigenvalue weighted by Crippen LogP contribution is 2.26. The van der Waals surface area contributed by atoms with Crippen molar-refractivity contribution in [2.24, 2.45) is 0 Å². The van der Waals surface area contributed by atoms with Crippen LogP contribution in [0.1, 0.15) is 42.5 Å². The Morgan fingerprint density at radius 1 is 0.897 bits per heavy atom.